The minimum absolute atomic E-state index is 0.330. The predicted molar refractivity (Wildman–Crippen MR) is 56.6 cm³/mol. The Morgan fingerprint density at radius 1 is 0.769 bits per heavy atom. The number of rotatable bonds is 6. The standard InChI is InChI=1S/C9H21O3P/c1-7(10)4-13(5-8(2)11)6-9(3)12/h7-12H,4-6H2,1-3H3. The molecule has 0 aliphatic rings. The van der Waals surface area contributed by atoms with Gasteiger partial charge in [-0.05, 0) is 39.3 Å². The predicted octanol–water partition coefficient (Wildman–Crippen LogP) is 0.611. The molecule has 0 heterocycles. The molecule has 3 unspecified atom stereocenters. The summed E-state index contributed by atoms with van der Waals surface area (Å²) in [5.74, 6) is 0. The van der Waals surface area contributed by atoms with E-state index in [-0.39, 0.29) is 18.3 Å². The van der Waals surface area contributed by atoms with Crippen LogP contribution in [0.3, 0.4) is 0 Å². The highest BCUT2D eigenvalue weighted by Gasteiger charge is 2.15. The van der Waals surface area contributed by atoms with Crippen molar-refractivity contribution in [2.24, 2.45) is 0 Å². The van der Waals surface area contributed by atoms with Crippen molar-refractivity contribution in [3.05, 3.63) is 0 Å². The van der Waals surface area contributed by atoms with Gasteiger partial charge in [-0.2, -0.15) is 0 Å². The monoisotopic (exact) mass is 208 g/mol. The summed E-state index contributed by atoms with van der Waals surface area (Å²) in [5, 5.41) is 27.6. The van der Waals surface area contributed by atoms with Crippen LogP contribution >= 0.6 is 7.92 Å². The second-order valence-electron chi connectivity index (χ2n) is 3.77. The average molecular weight is 208 g/mol. The van der Waals surface area contributed by atoms with Crippen LogP contribution < -0.4 is 0 Å². The molecule has 0 aromatic carbocycles. The fourth-order valence-electron chi connectivity index (χ4n) is 1.34. The molecule has 0 saturated heterocycles. The van der Waals surface area contributed by atoms with Gasteiger partial charge >= 0.3 is 0 Å². The Bertz CT molecular complexity index is 102. The van der Waals surface area contributed by atoms with Crippen molar-refractivity contribution in [3.63, 3.8) is 0 Å². The zero-order valence-electron chi connectivity index (χ0n) is 8.64. The molecule has 0 fully saturated rings. The molecule has 0 spiro atoms. The van der Waals surface area contributed by atoms with E-state index in [1.165, 1.54) is 0 Å². The van der Waals surface area contributed by atoms with Crippen LogP contribution in [-0.4, -0.2) is 52.1 Å². The maximum atomic E-state index is 9.20. The van der Waals surface area contributed by atoms with Gasteiger partial charge in [-0.1, -0.05) is 7.92 Å². The molecule has 13 heavy (non-hydrogen) atoms. The molecule has 0 aromatic rings. The Labute approximate surface area is 81.5 Å². The molecule has 4 heteroatoms. The first-order chi connectivity index (χ1) is 5.91. The van der Waals surface area contributed by atoms with Gasteiger partial charge in [-0.15, -0.1) is 0 Å². The van der Waals surface area contributed by atoms with Gasteiger partial charge < -0.3 is 15.3 Å². The molecule has 0 amide bonds. The Kier molecular flexibility index (Phi) is 6.88. The van der Waals surface area contributed by atoms with Crippen molar-refractivity contribution < 1.29 is 15.3 Å². The van der Waals surface area contributed by atoms with E-state index in [0.717, 1.165) is 0 Å². The van der Waals surface area contributed by atoms with Crippen molar-refractivity contribution in [1.82, 2.24) is 0 Å². The summed E-state index contributed by atoms with van der Waals surface area (Å²) in [6.45, 7) is 5.25. The second-order valence-corrected chi connectivity index (χ2v) is 6.20. The lowest BCUT2D eigenvalue weighted by molar-refractivity contribution is 0.207. The van der Waals surface area contributed by atoms with Gasteiger partial charge in [0.1, 0.15) is 0 Å². The van der Waals surface area contributed by atoms with Gasteiger partial charge in [0, 0.05) is 0 Å². The van der Waals surface area contributed by atoms with Crippen LogP contribution in [0, 0.1) is 0 Å². The van der Waals surface area contributed by atoms with Gasteiger partial charge in [-0.25, -0.2) is 0 Å². The molecule has 0 saturated carbocycles. The van der Waals surface area contributed by atoms with Crippen molar-refractivity contribution in [1.29, 1.82) is 0 Å². The molecule has 0 radical (unpaired) electrons. The Morgan fingerprint density at radius 2 is 1.00 bits per heavy atom. The second kappa shape index (κ2) is 6.72. The molecular weight excluding hydrogens is 187 g/mol. The van der Waals surface area contributed by atoms with E-state index in [0.29, 0.717) is 18.5 Å². The third-order valence-corrected chi connectivity index (χ3v) is 4.70. The van der Waals surface area contributed by atoms with Crippen LogP contribution in [0.25, 0.3) is 0 Å². The minimum atomic E-state index is -0.429. The lowest BCUT2D eigenvalue weighted by Gasteiger charge is -2.21. The molecule has 0 aliphatic carbocycles. The number of hydrogen-bond acceptors (Lipinski definition) is 3. The fraction of sp³-hybridized carbons (Fsp3) is 1.00. The summed E-state index contributed by atoms with van der Waals surface area (Å²) in [6.07, 6.45) is 1.15. The van der Waals surface area contributed by atoms with Crippen molar-refractivity contribution >= 4 is 7.92 Å². The first-order valence-electron chi connectivity index (χ1n) is 4.68. The SMILES string of the molecule is CC(O)CP(CC(C)O)CC(C)O. The third kappa shape index (κ3) is 8.63. The zero-order valence-corrected chi connectivity index (χ0v) is 9.54. The number of aliphatic hydroxyl groups is 3. The minimum Gasteiger partial charge on any atom is -0.393 e. The molecule has 0 bridgehead atoms. The maximum Gasteiger partial charge on any atom is 0.0551 e. The molecule has 3 N–H and O–H groups in total. The van der Waals surface area contributed by atoms with Crippen LogP contribution in [0.4, 0.5) is 0 Å². The fourth-order valence-corrected chi connectivity index (χ4v) is 4.03. The van der Waals surface area contributed by atoms with Gasteiger partial charge in [0.15, 0.2) is 0 Å². The first-order valence-corrected chi connectivity index (χ1v) is 6.58. The van der Waals surface area contributed by atoms with E-state index in [4.69, 9.17) is 0 Å². The Morgan fingerprint density at radius 3 is 1.15 bits per heavy atom. The quantitative estimate of drug-likeness (QED) is 0.560. The Hall–Kier alpha value is 0.310. The Balaban J connectivity index is 3.87. The average Bonchev–Trinajstić information content (AvgIpc) is 1.80. The lowest BCUT2D eigenvalue weighted by Crippen LogP contribution is -2.18. The van der Waals surface area contributed by atoms with E-state index in [9.17, 15) is 15.3 Å². The molecule has 0 rings (SSSR count). The van der Waals surface area contributed by atoms with Crippen LogP contribution in [0.15, 0.2) is 0 Å². The van der Waals surface area contributed by atoms with Crippen molar-refractivity contribution in [3.8, 4) is 0 Å². The van der Waals surface area contributed by atoms with E-state index < -0.39 is 7.92 Å². The van der Waals surface area contributed by atoms with Crippen LogP contribution in [-0.2, 0) is 0 Å². The molecule has 80 valence electrons. The largest absolute Gasteiger partial charge is 0.393 e. The molecule has 3 atom stereocenters. The lowest BCUT2D eigenvalue weighted by atomic mass is 10.5. The van der Waals surface area contributed by atoms with E-state index in [1.807, 2.05) is 0 Å². The maximum absolute atomic E-state index is 9.20. The molecule has 3 nitrogen and oxygen atoms in total. The van der Waals surface area contributed by atoms with Gasteiger partial charge in [0.25, 0.3) is 0 Å². The summed E-state index contributed by atoms with van der Waals surface area (Å²) in [7, 11) is -0.429. The number of aliphatic hydroxyl groups excluding tert-OH is 3. The number of hydrogen-bond donors (Lipinski definition) is 3. The summed E-state index contributed by atoms with van der Waals surface area (Å²) < 4.78 is 0. The summed E-state index contributed by atoms with van der Waals surface area (Å²) >= 11 is 0. The highest BCUT2D eigenvalue weighted by Crippen LogP contribution is 2.37. The first kappa shape index (κ1) is 13.3. The van der Waals surface area contributed by atoms with Crippen LogP contribution in [0.1, 0.15) is 20.8 Å². The normalized spacial score (nSPS) is 20.8. The van der Waals surface area contributed by atoms with Crippen molar-refractivity contribution in [2.45, 2.75) is 39.1 Å². The highest BCUT2D eigenvalue weighted by molar-refractivity contribution is 7.57. The highest BCUT2D eigenvalue weighted by atomic mass is 31.1. The van der Waals surface area contributed by atoms with Gasteiger partial charge in [0.2, 0.25) is 0 Å². The van der Waals surface area contributed by atoms with E-state index in [2.05, 4.69) is 0 Å². The third-order valence-electron chi connectivity index (χ3n) is 1.57. The summed E-state index contributed by atoms with van der Waals surface area (Å²) in [5.41, 5.74) is 0. The van der Waals surface area contributed by atoms with Crippen LogP contribution in [0.2, 0.25) is 0 Å². The van der Waals surface area contributed by atoms with E-state index in [1.54, 1.807) is 20.8 Å². The van der Waals surface area contributed by atoms with Gasteiger partial charge in [-0.3, -0.25) is 0 Å². The van der Waals surface area contributed by atoms with E-state index >= 15 is 0 Å². The summed E-state index contributed by atoms with van der Waals surface area (Å²) in [6, 6.07) is 0. The van der Waals surface area contributed by atoms with Gasteiger partial charge in [0.05, 0.1) is 18.3 Å². The topological polar surface area (TPSA) is 60.7 Å². The smallest absolute Gasteiger partial charge is 0.0551 e. The molecular formula is C9H21O3P. The van der Waals surface area contributed by atoms with Crippen LogP contribution in [0.5, 0.6) is 0 Å². The zero-order chi connectivity index (χ0) is 10.4. The molecule has 0 aromatic heterocycles. The summed E-state index contributed by atoms with van der Waals surface area (Å²) in [4.78, 5) is 0. The molecule has 0 aliphatic heterocycles. The van der Waals surface area contributed by atoms with Crippen molar-refractivity contribution in [2.75, 3.05) is 18.5 Å².